The predicted molar refractivity (Wildman–Crippen MR) is 67.2 cm³/mol. The summed E-state index contributed by atoms with van der Waals surface area (Å²) < 4.78 is 48.0. The molecule has 8 heteroatoms. The minimum absolute atomic E-state index is 0.0969. The third-order valence-corrected chi connectivity index (χ3v) is 2.59. The molecule has 0 bridgehead atoms. The molecule has 112 valence electrons. The lowest BCUT2D eigenvalue weighted by atomic mass is 10.1. The molecule has 1 aromatic heterocycles. The topological polar surface area (TPSA) is 64.4 Å². The second-order valence-corrected chi connectivity index (χ2v) is 4.14. The van der Waals surface area contributed by atoms with Crippen molar-refractivity contribution in [3.8, 4) is 5.75 Å². The number of halogens is 3. The van der Waals surface area contributed by atoms with E-state index in [-0.39, 0.29) is 17.3 Å². The molecular weight excluding hydrogens is 289 g/mol. The van der Waals surface area contributed by atoms with E-state index in [0.29, 0.717) is 5.76 Å². The third-order valence-electron chi connectivity index (χ3n) is 2.59. The van der Waals surface area contributed by atoms with E-state index in [1.54, 1.807) is 6.92 Å². The number of nitrogens with zero attached hydrogens (tertiary/aromatic N) is 1. The summed E-state index contributed by atoms with van der Waals surface area (Å²) in [6, 6.07) is 2.77. The highest BCUT2D eigenvalue weighted by atomic mass is 19.4. The van der Waals surface area contributed by atoms with Crippen LogP contribution in [-0.4, -0.2) is 18.0 Å². The molecule has 0 aliphatic rings. The lowest BCUT2D eigenvalue weighted by Gasteiger charge is -2.12. The summed E-state index contributed by atoms with van der Waals surface area (Å²) in [6.45, 7) is 1.59. The fraction of sp³-hybridized carbons (Fsp3) is 0.231. The molecule has 0 radical (unpaired) electrons. The molecule has 1 heterocycles. The molecule has 5 nitrogen and oxygen atoms in total. The predicted octanol–water partition coefficient (Wildman–Crippen LogP) is 3.26. The van der Waals surface area contributed by atoms with E-state index in [2.05, 4.69) is 10.3 Å². The Morgan fingerprint density at radius 3 is 2.62 bits per heavy atom. The van der Waals surface area contributed by atoms with Gasteiger partial charge in [-0.1, -0.05) is 0 Å². The average Bonchev–Trinajstić information content (AvgIpc) is 2.84. The fourth-order valence-electron chi connectivity index (χ4n) is 1.62. The van der Waals surface area contributed by atoms with Crippen LogP contribution in [0.3, 0.4) is 0 Å². The zero-order valence-corrected chi connectivity index (χ0v) is 11.1. The number of methoxy groups -OCH3 is 1. The first-order chi connectivity index (χ1) is 9.81. The van der Waals surface area contributed by atoms with Crippen molar-refractivity contribution in [3.05, 3.63) is 41.6 Å². The summed E-state index contributed by atoms with van der Waals surface area (Å²) in [4.78, 5) is 15.5. The minimum atomic E-state index is -4.52. The molecule has 21 heavy (non-hydrogen) atoms. The Bertz CT molecular complexity index is 665. The number of anilines is 1. The van der Waals surface area contributed by atoms with E-state index in [1.807, 2.05) is 0 Å². The maximum atomic E-state index is 12.7. The number of amides is 1. The molecule has 0 aliphatic heterocycles. The highest BCUT2D eigenvalue weighted by Crippen LogP contribution is 2.35. The summed E-state index contributed by atoms with van der Waals surface area (Å²) >= 11 is 0. The number of hydrogen-bond donors (Lipinski definition) is 1. The highest BCUT2D eigenvalue weighted by Gasteiger charge is 2.31. The average molecular weight is 300 g/mol. The summed E-state index contributed by atoms with van der Waals surface area (Å²) in [6.07, 6.45) is -3.19. The van der Waals surface area contributed by atoms with Crippen LogP contribution in [0, 0.1) is 6.92 Å². The lowest BCUT2D eigenvalue weighted by molar-refractivity contribution is -0.137. The number of oxazole rings is 1. The van der Waals surface area contributed by atoms with Crippen molar-refractivity contribution in [1.82, 2.24) is 4.98 Å². The van der Waals surface area contributed by atoms with Crippen LogP contribution in [-0.2, 0) is 6.18 Å². The molecular formula is C13H11F3N2O3. The Morgan fingerprint density at radius 2 is 2.10 bits per heavy atom. The molecule has 0 unspecified atom stereocenters. The van der Waals surface area contributed by atoms with Gasteiger partial charge in [-0.05, 0) is 25.1 Å². The second-order valence-electron chi connectivity index (χ2n) is 4.14. The number of aromatic nitrogens is 1. The molecule has 0 saturated heterocycles. The van der Waals surface area contributed by atoms with Gasteiger partial charge in [-0.25, -0.2) is 4.98 Å². The third kappa shape index (κ3) is 3.33. The summed E-state index contributed by atoms with van der Waals surface area (Å²) in [7, 11) is 1.29. The van der Waals surface area contributed by atoms with Crippen LogP contribution in [0.5, 0.6) is 5.75 Å². The molecule has 1 amide bonds. The number of aryl methyl sites for hydroxylation is 1. The molecule has 0 spiro atoms. The van der Waals surface area contributed by atoms with Gasteiger partial charge >= 0.3 is 12.1 Å². The first-order valence-corrected chi connectivity index (χ1v) is 5.80. The number of ether oxygens (including phenoxy) is 1. The highest BCUT2D eigenvalue weighted by molar-refractivity contribution is 6.01. The first kappa shape index (κ1) is 14.9. The Labute approximate surface area is 117 Å². The molecule has 0 aliphatic carbocycles. The largest absolute Gasteiger partial charge is 0.495 e. The van der Waals surface area contributed by atoms with Crippen molar-refractivity contribution in [2.24, 2.45) is 0 Å². The summed E-state index contributed by atoms with van der Waals surface area (Å²) in [5.41, 5.74) is -1.02. The normalized spacial score (nSPS) is 11.3. The van der Waals surface area contributed by atoms with E-state index in [9.17, 15) is 18.0 Å². The SMILES string of the molecule is COc1ccc(C(F)(F)F)cc1NC(=O)c1ncc(C)o1. The van der Waals surface area contributed by atoms with Gasteiger partial charge in [0.05, 0.1) is 24.6 Å². The summed E-state index contributed by atoms with van der Waals surface area (Å²) in [5.74, 6) is -0.497. The van der Waals surface area contributed by atoms with E-state index < -0.39 is 17.6 Å². The van der Waals surface area contributed by atoms with Crippen LogP contribution in [0.2, 0.25) is 0 Å². The van der Waals surface area contributed by atoms with Gasteiger partial charge in [0.2, 0.25) is 0 Å². The number of hydrogen-bond acceptors (Lipinski definition) is 4. The Hall–Kier alpha value is -2.51. The van der Waals surface area contributed by atoms with Gasteiger partial charge in [-0.2, -0.15) is 13.2 Å². The number of carbonyl (C=O) groups excluding carboxylic acids is 1. The molecule has 0 fully saturated rings. The Kier molecular flexibility index (Phi) is 3.88. The number of nitrogens with one attached hydrogen (secondary N) is 1. The molecule has 1 aromatic carbocycles. The van der Waals surface area contributed by atoms with Gasteiger partial charge < -0.3 is 14.5 Å². The van der Waals surface area contributed by atoms with Crippen molar-refractivity contribution in [2.75, 3.05) is 12.4 Å². The monoisotopic (exact) mass is 300 g/mol. The number of alkyl halides is 3. The minimum Gasteiger partial charge on any atom is -0.495 e. The van der Waals surface area contributed by atoms with Crippen molar-refractivity contribution in [2.45, 2.75) is 13.1 Å². The van der Waals surface area contributed by atoms with Gasteiger partial charge in [0.25, 0.3) is 5.89 Å². The maximum Gasteiger partial charge on any atom is 0.416 e. The molecule has 0 saturated carbocycles. The van der Waals surface area contributed by atoms with E-state index >= 15 is 0 Å². The van der Waals surface area contributed by atoms with Crippen LogP contribution < -0.4 is 10.1 Å². The molecule has 2 rings (SSSR count). The van der Waals surface area contributed by atoms with E-state index in [4.69, 9.17) is 9.15 Å². The molecule has 1 N–H and O–H groups in total. The van der Waals surface area contributed by atoms with Crippen LogP contribution in [0.1, 0.15) is 22.0 Å². The zero-order valence-electron chi connectivity index (χ0n) is 11.1. The van der Waals surface area contributed by atoms with Crippen molar-refractivity contribution in [3.63, 3.8) is 0 Å². The lowest BCUT2D eigenvalue weighted by Crippen LogP contribution is -2.14. The van der Waals surface area contributed by atoms with Crippen molar-refractivity contribution < 1.29 is 27.1 Å². The van der Waals surface area contributed by atoms with Gasteiger partial charge in [0, 0.05) is 0 Å². The zero-order chi connectivity index (χ0) is 15.6. The van der Waals surface area contributed by atoms with Gasteiger partial charge in [-0.3, -0.25) is 4.79 Å². The van der Waals surface area contributed by atoms with Crippen molar-refractivity contribution in [1.29, 1.82) is 0 Å². The number of benzene rings is 1. The molecule has 2 aromatic rings. The standard InChI is InChI=1S/C13H11F3N2O3/c1-7-6-17-12(21-7)11(19)18-9-5-8(13(14,15)16)3-4-10(9)20-2/h3-6H,1-2H3,(H,18,19). The maximum absolute atomic E-state index is 12.7. The first-order valence-electron chi connectivity index (χ1n) is 5.80. The Balaban J connectivity index is 2.31. The van der Waals surface area contributed by atoms with Crippen LogP contribution in [0.15, 0.2) is 28.8 Å². The number of rotatable bonds is 3. The van der Waals surface area contributed by atoms with Crippen LogP contribution in [0.4, 0.5) is 18.9 Å². The number of carbonyl (C=O) groups is 1. The quantitative estimate of drug-likeness (QED) is 0.945. The van der Waals surface area contributed by atoms with Crippen LogP contribution in [0.25, 0.3) is 0 Å². The smallest absolute Gasteiger partial charge is 0.416 e. The van der Waals surface area contributed by atoms with E-state index in [0.717, 1.165) is 18.2 Å². The van der Waals surface area contributed by atoms with E-state index in [1.165, 1.54) is 13.3 Å². The van der Waals surface area contributed by atoms with Crippen molar-refractivity contribution >= 4 is 11.6 Å². The van der Waals surface area contributed by atoms with Gasteiger partial charge in [0.15, 0.2) is 0 Å². The fourth-order valence-corrected chi connectivity index (χ4v) is 1.62. The Morgan fingerprint density at radius 1 is 1.38 bits per heavy atom. The van der Waals surface area contributed by atoms with Gasteiger partial charge in [-0.15, -0.1) is 0 Å². The summed E-state index contributed by atoms with van der Waals surface area (Å²) in [5, 5.41) is 2.28. The molecule has 0 atom stereocenters. The second kappa shape index (κ2) is 5.47. The van der Waals surface area contributed by atoms with Gasteiger partial charge in [0.1, 0.15) is 11.5 Å². The van der Waals surface area contributed by atoms with Crippen LogP contribution >= 0.6 is 0 Å².